The maximum atomic E-state index is 12.2. The molecule has 0 bridgehead atoms. The predicted octanol–water partition coefficient (Wildman–Crippen LogP) is 0.996. The van der Waals surface area contributed by atoms with Crippen LogP contribution in [-0.4, -0.2) is 39.1 Å². The number of amides is 1. The van der Waals surface area contributed by atoms with Crippen molar-refractivity contribution in [3.63, 3.8) is 0 Å². The third-order valence-corrected chi connectivity index (χ3v) is 3.54. The fourth-order valence-electron chi connectivity index (χ4n) is 2.29. The summed E-state index contributed by atoms with van der Waals surface area (Å²) < 4.78 is 0. The molecule has 0 aromatic carbocycles. The van der Waals surface area contributed by atoms with Crippen molar-refractivity contribution < 1.29 is 9.90 Å². The van der Waals surface area contributed by atoms with E-state index in [0.29, 0.717) is 19.4 Å². The number of hydrogen-bond acceptors (Lipinski definition) is 3. The lowest BCUT2D eigenvalue weighted by atomic mass is 9.98. The largest absolute Gasteiger partial charge is 0.391 e. The van der Waals surface area contributed by atoms with Crippen LogP contribution >= 0.6 is 0 Å². The Morgan fingerprint density at radius 3 is 2.71 bits per heavy atom. The summed E-state index contributed by atoms with van der Waals surface area (Å²) in [6, 6.07) is 3.69. The lowest BCUT2D eigenvalue weighted by Crippen LogP contribution is -2.48. The normalized spacial score (nSPS) is 22.8. The molecule has 4 nitrogen and oxygen atoms in total. The zero-order valence-corrected chi connectivity index (χ0v) is 10.3. The Kier molecular flexibility index (Phi) is 3.15. The molecule has 1 aliphatic rings. The van der Waals surface area contributed by atoms with E-state index in [2.05, 4.69) is 4.98 Å². The highest BCUT2D eigenvalue weighted by Gasteiger charge is 2.42. The molecule has 0 radical (unpaired) electrons. The van der Waals surface area contributed by atoms with Gasteiger partial charge in [0.05, 0.1) is 18.1 Å². The number of aliphatic hydroxyl groups is 1. The van der Waals surface area contributed by atoms with Gasteiger partial charge in [0.1, 0.15) is 0 Å². The van der Waals surface area contributed by atoms with Gasteiger partial charge in [-0.25, -0.2) is 0 Å². The molecule has 1 fully saturated rings. The number of aromatic nitrogens is 1. The van der Waals surface area contributed by atoms with Crippen molar-refractivity contribution in [1.82, 2.24) is 9.88 Å². The van der Waals surface area contributed by atoms with Crippen LogP contribution in [0.5, 0.6) is 0 Å². The average molecular weight is 234 g/mol. The van der Waals surface area contributed by atoms with E-state index in [1.807, 2.05) is 26.0 Å². The van der Waals surface area contributed by atoms with Gasteiger partial charge in [0.2, 0.25) is 5.91 Å². The first kappa shape index (κ1) is 12.0. The van der Waals surface area contributed by atoms with Crippen molar-refractivity contribution >= 4 is 5.91 Å². The summed E-state index contributed by atoms with van der Waals surface area (Å²) >= 11 is 0. The van der Waals surface area contributed by atoms with Crippen LogP contribution in [0.2, 0.25) is 0 Å². The molecule has 1 saturated heterocycles. The van der Waals surface area contributed by atoms with Crippen molar-refractivity contribution in [1.29, 1.82) is 0 Å². The molecular weight excluding hydrogens is 216 g/mol. The van der Waals surface area contributed by atoms with Crippen LogP contribution in [0.3, 0.4) is 0 Å². The third kappa shape index (κ3) is 2.31. The van der Waals surface area contributed by atoms with Crippen LogP contribution in [0.1, 0.15) is 25.8 Å². The van der Waals surface area contributed by atoms with Gasteiger partial charge in [-0.05, 0) is 38.0 Å². The van der Waals surface area contributed by atoms with Gasteiger partial charge in [-0.2, -0.15) is 0 Å². The third-order valence-electron chi connectivity index (χ3n) is 3.54. The topological polar surface area (TPSA) is 53.4 Å². The monoisotopic (exact) mass is 234 g/mol. The number of nitrogens with zero attached hydrogens (tertiary/aromatic N) is 2. The van der Waals surface area contributed by atoms with Crippen LogP contribution in [0, 0.1) is 0 Å². The quantitative estimate of drug-likeness (QED) is 0.830. The minimum Gasteiger partial charge on any atom is -0.391 e. The molecule has 1 aromatic heterocycles. The number of carbonyl (C=O) groups is 1. The Morgan fingerprint density at radius 1 is 1.53 bits per heavy atom. The second-order valence-corrected chi connectivity index (χ2v) is 5.04. The van der Waals surface area contributed by atoms with Gasteiger partial charge in [-0.15, -0.1) is 0 Å². The zero-order chi connectivity index (χ0) is 12.5. The van der Waals surface area contributed by atoms with E-state index in [0.717, 1.165) is 5.56 Å². The van der Waals surface area contributed by atoms with Gasteiger partial charge in [-0.1, -0.05) is 0 Å². The van der Waals surface area contributed by atoms with Crippen molar-refractivity contribution in [2.75, 3.05) is 6.54 Å². The van der Waals surface area contributed by atoms with Crippen LogP contribution in [0.4, 0.5) is 0 Å². The van der Waals surface area contributed by atoms with E-state index in [1.54, 1.807) is 17.3 Å². The second-order valence-electron chi connectivity index (χ2n) is 5.04. The van der Waals surface area contributed by atoms with Crippen LogP contribution in [-0.2, 0) is 11.2 Å². The van der Waals surface area contributed by atoms with Crippen molar-refractivity contribution in [2.24, 2.45) is 0 Å². The summed E-state index contributed by atoms with van der Waals surface area (Å²) in [6.07, 6.45) is 3.98. The summed E-state index contributed by atoms with van der Waals surface area (Å²) in [6.45, 7) is 4.46. The van der Waals surface area contributed by atoms with Gasteiger partial charge in [0.25, 0.3) is 0 Å². The molecule has 1 atom stereocenters. The van der Waals surface area contributed by atoms with E-state index in [-0.39, 0.29) is 5.91 Å². The summed E-state index contributed by atoms with van der Waals surface area (Å²) in [4.78, 5) is 17.9. The molecule has 1 aliphatic heterocycles. The van der Waals surface area contributed by atoms with Crippen LogP contribution in [0.15, 0.2) is 24.5 Å². The Labute approximate surface area is 101 Å². The lowest BCUT2D eigenvalue weighted by molar-refractivity contribution is -0.135. The number of rotatable bonds is 2. The fourth-order valence-corrected chi connectivity index (χ4v) is 2.29. The lowest BCUT2D eigenvalue weighted by Gasteiger charge is -2.33. The van der Waals surface area contributed by atoms with E-state index in [9.17, 15) is 9.90 Å². The Bertz CT molecular complexity index is 403. The minimum absolute atomic E-state index is 0.0674. The summed E-state index contributed by atoms with van der Waals surface area (Å²) in [7, 11) is 0. The number of aliphatic hydroxyl groups excluding tert-OH is 1. The predicted molar refractivity (Wildman–Crippen MR) is 64.4 cm³/mol. The van der Waals surface area contributed by atoms with Crippen LogP contribution in [0.25, 0.3) is 0 Å². The van der Waals surface area contributed by atoms with Gasteiger partial charge in [0.15, 0.2) is 0 Å². The molecule has 2 heterocycles. The second kappa shape index (κ2) is 4.45. The first-order valence-electron chi connectivity index (χ1n) is 5.89. The number of pyridine rings is 1. The number of hydrogen-bond donors (Lipinski definition) is 1. The molecule has 92 valence electrons. The molecule has 1 N–H and O–H groups in total. The zero-order valence-electron chi connectivity index (χ0n) is 10.3. The highest BCUT2D eigenvalue weighted by Crippen LogP contribution is 2.29. The molecule has 1 unspecified atom stereocenters. The Hall–Kier alpha value is -1.42. The van der Waals surface area contributed by atoms with E-state index in [4.69, 9.17) is 0 Å². The summed E-state index contributed by atoms with van der Waals surface area (Å²) in [5.41, 5.74) is 0.506. The van der Waals surface area contributed by atoms with Gasteiger partial charge in [-0.3, -0.25) is 9.78 Å². The molecule has 17 heavy (non-hydrogen) atoms. The molecule has 0 aliphatic carbocycles. The maximum absolute atomic E-state index is 12.2. The van der Waals surface area contributed by atoms with E-state index < -0.39 is 11.6 Å². The molecule has 2 rings (SSSR count). The molecule has 1 aromatic rings. The van der Waals surface area contributed by atoms with E-state index >= 15 is 0 Å². The van der Waals surface area contributed by atoms with Crippen LogP contribution < -0.4 is 0 Å². The minimum atomic E-state index is -0.454. The number of carbonyl (C=O) groups excluding carboxylic acids is 1. The van der Waals surface area contributed by atoms with Gasteiger partial charge < -0.3 is 10.0 Å². The van der Waals surface area contributed by atoms with E-state index in [1.165, 1.54) is 0 Å². The molecule has 1 amide bonds. The summed E-state index contributed by atoms with van der Waals surface area (Å²) in [5.74, 6) is 0.0674. The maximum Gasteiger partial charge on any atom is 0.227 e. The highest BCUT2D eigenvalue weighted by molar-refractivity contribution is 5.79. The standard InChI is InChI=1S/C13H18N2O2/c1-13(2)11(16)5-8-15(13)12(17)9-10-3-6-14-7-4-10/h3-4,6-7,11,16H,5,8-9H2,1-2H3. The fraction of sp³-hybridized carbons (Fsp3) is 0.538. The Morgan fingerprint density at radius 2 is 2.18 bits per heavy atom. The smallest absolute Gasteiger partial charge is 0.227 e. The highest BCUT2D eigenvalue weighted by atomic mass is 16.3. The Balaban J connectivity index is 2.07. The first-order chi connectivity index (χ1) is 8.01. The molecule has 4 heteroatoms. The first-order valence-corrected chi connectivity index (χ1v) is 5.89. The molecular formula is C13H18N2O2. The SMILES string of the molecule is CC1(C)C(O)CCN1C(=O)Cc1ccncc1. The molecule has 0 saturated carbocycles. The van der Waals surface area contributed by atoms with Crippen molar-refractivity contribution in [2.45, 2.75) is 38.3 Å². The average Bonchev–Trinajstić information content (AvgIpc) is 2.55. The number of likely N-dealkylation sites (tertiary alicyclic amines) is 1. The summed E-state index contributed by atoms with van der Waals surface area (Å²) in [5, 5.41) is 9.84. The van der Waals surface area contributed by atoms with Crippen molar-refractivity contribution in [3.05, 3.63) is 30.1 Å². The molecule has 0 spiro atoms. The van der Waals surface area contributed by atoms with Gasteiger partial charge >= 0.3 is 0 Å². The van der Waals surface area contributed by atoms with Crippen molar-refractivity contribution in [3.8, 4) is 0 Å². The van der Waals surface area contributed by atoms with Gasteiger partial charge in [0, 0.05) is 18.9 Å².